The Bertz CT molecular complexity index is 1080. The van der Waals surface area contributed by atoms with Gasteiger partial charge in [0, 0.05) is 37.6 Å². The molecule has 33 heavy (non-hydrogen) atoms. The lowest BCUT2D eigenvalue weighted by Gasteiger charge is -2.36. The SMILES string of the molecule is COc1cc(C(=O)NCC(c2cccnc2)N2CCc3ccccc3C2)cc(OC)c1OC. The summed E-state index contributed by atoms with van der Waals surface area (Å²) >= 11 is 0. The summed E-state index contributed by atoms with van der Waals surface area (Å²) in [4.78, 5) is 19.8. The van der Waals surface area contributed by atoms with E-state index in [9.17, 15) is 4.79 Å². The van der Waals surface area contributed by atoms with Gasteiger partial charge in [0.2, 0.25) is 5.75 Å². The van der Waals surface area contributed by atoms with Crippen molar-refractivity contribution in [2.45, 2.75) is 19.0 Å². The fourth-order valence-electron chi connectivity index (χ4n) is 4.32. The molecule has 0 radical (unpaired) electrons. The number of carbonyl (C=O) groups is 1. The molecule has 1 aromatic heterocycles. The zero-order valence-corrected chi connectivity index (χ0v) is 19.2. The zero-order chi connectivity index (χ0) is 23.2. The number of ether oxygens (including phenoxy) is 3. The van der Waals surface area contributed by atoms with E-state index in [1.807, 2.05) is 12.3 Å². The maximum Gasteiger partial charge on any atom is 0.251 e. The van der Waals surface area contributed by atoms with Crippen LogP contribution in [0.5, 0.6) is 17.2 Å². The molecule has 7 nitrogen and oxygen atoms in total. The van der Waals surface area contributed by atoms with Crippen molar-refractivity contribution >= 4 is 5.91 Å². The maximum absolute atomic E-state index is 13.1. The molecule has 0 spiro atoms. The van der Waals surface area contributed by atoms with Crippen LogP contribution in [0.15, 0.2) is 60.9 Å². The van der Waals surface area contributed by atoms with Gasteiger partial charge in [0.05, 0.1) is 27.4 Å². The second kappa shape index (κ2) is 10.4. The highest BCUT2D eigenvalue weighted by Gasteiger charge is 2.26. The number of carbonyl (C=O) groups excluding carboxylic acids is 1. The van der Waals surface area contributed by atoms with Crippen LogP contribution >= 0.6 is 0 Å². The van der Waals surface area contributed by atoms with Crippen LogP contribution in [-0.2, 0) is 13.0 Å². The lowest BCUT2D eigenvalue weighted by Crippen LogP contribution is -2.40. The van der Waals surface area contributed by atoms with Gasteiger partial charge in [0.15, 0.2) is 11.5 Å². The Labute approximate surface area is 194 Å². The van der Waals surface area contributed by atoms with Crippen molar-refractivity contribution in [3.8, 4) is 17.2 Å². The monoisotopic (exact) mass is 447 g/mol. The first kappa shape index (κ1) is 22.6. The number of methoxy groups -OCH3 is 3. The van der Waals surface area contributed by atoms with Crippen LogP contribution in [0, 0.1) is 0 Å². The van der Waals surface area contributed by atoms with E-state index in [-0.39, 0.29) is 11.9 Å². The number of rotatable bonds is 8. The fourth-order valence-corrected chi connectivity index (χ4v) is 4.32. The number of benzene rings is 2. The molecule has 1 N–H and O–H groups in total. The molecular formula is C26H29N3O4. The summed E-state index contributed by atoms with van der Waals surface area (Å²) in [6.45, 7) is 2.19. The van der Waals surface area contributed by atoms with E-state index >= 15 is 0 Å². The molecule has 1 amide bonds. The van der Waals surface area contributed by atoms with E-state index in [2.05, 4.69) is 45.5 Å². The Morgan fingerprint density at radius 3 is 2.39 bits per heavy atom. The number of fused-ring (bicyclic) bond motifs is 1. The van der Waals surface area contributed by atoms with E-state index < -0.39 is 0 Å². The number of hydrogen-bond acceptors (Lipinski definition) is 6. The van der Waals surface area contributed by atoms with Crippen LogP contribution in [0.4, 0.5) is 0 Å². The average molecular weight is 448 g/mol. The molecule has 7 heteroatoms. The van der Waals surface area contributed by atoms with Gasteiger partial charge in [0.25, 0.3) is 5.91 Å². The summed E-state index contributed by atoms with van der Waals surface area (Å²) in [5.41, 5.74) is 4.23. The van der Waals surface area contributed by atoms with Gasteiger partial charge in [-0.2, -0.15) is 0 Å². The second-order valence-corrected chi connectivity index (χ2v) is 7.92. The molecule has 172 valence electrons. The van der Waals surface area contributed by atoms with Crippen molar-refractivity contribution in [1.29, 1.82) is 0 Å². The highest BCUT2D eigenvalue weighted by molar-refractivity contribution is 5.95. The highest BCUT2D eigenvalue weighted by Crippen LogP contribution is 2.38. The van der Waals surface area contributed by atoms with Gasteiger partial charge in [-0.1, -0.05) is 30.3 Å². The molecule has 1 aliphatic rings. The number of hydrogen-bond donors (Lipinski definition) is 1. The summed E-state index contributed by atoms with van der Waals surface area (Å²) in [7, 11) is 4.60. The Morgan fingerprint density at radius 1 is 1.03 bits per heavy atom. The van der Waals surface area contributed by atoms with Gasteiger partial charge in [-0.15, -0.1) is 0 Å². The van der Waals surface area contributed by atoms with Crippen LogP contribution < -0.4 is 19.5 Å². The van der Waals surface area contributed by atoms with Gasteiger partial charge < -0.3 is 19.5 Å². The van der Waals surface area contributed by atoms with Crippen LogP contribution in [0.1, 0.15) is 33.1 Å². The van der Waals surface area contributed by atoms with Crippen LogP contribution in [0.3, 0.4) is 0 Å². The third-order valence-electron chi connectivity index (χ3n) is 6.05. The number of pyridine rings is 1. The lowest BCUT2D eigenvalue weighted by atomic mass is 9.97. The number of nitrogens with one attached hydrogen (secondary N) is 1. The summed E-state index contributed by atoms with van der Waals surface area (Å²) in [5, 5.41) is 3.10. The average Bonchev–Trinajstić information content (AvgIpc) is 2.88. The van der Waals surface area contributed by atoms with Crippen molar-refractivity contribution in [3.63, 3.8) is 0 Å². The largest absolute Gasteiger partial charge is 0.493 e. The molecular weight excluding hydrogens is 418 g/mol. The fraction of sp³-hybridized carbons (Fsp3) is 0.308. The van der Waals surface area contributed by atoms with E-state index in [0.29, 0.717) is 29.4 Å². The minimum atomic E-state index is -0.208. The molecule has 1 unspecified atom stereocenters. The van der Waals surface area contributed by atoms with Gasteiger partial charge >= 0.3 is 0 Å². The van der Waals surface area contributed by atoms with E-state index in [1.54, 1.807) is 18.3 Å². The maximum atomic E-state index is 13.1. The van der Waals surface area contributed by atoms with Gasteiger partial charge in [-0.05, 0) is 41.3 Å². The molecule has 0 aliphatic carbocycles. The molecule has 1 aliphatic heterocycles. The van der Waals surface area contributed by atoms with Crippen LogP contribution in [-0.4, -0.2) is 50.2 Å². The first-order chi connectivity index (χ1) is 16.1. The predicted octanol–water partition coefficient (Wildman–Crippen LogP) is 3.64. The Morgan fingerprint density at radius 2 is 1.76 bits per heavy atom. The third kappa shape index (κ3) is 4.93. The van der Waals surface area contributed by atoms with Gasteiger partial charge in [0.1, 0.15) is 0 Å². The van der Waals surface area contributed by atoms with E-state index in [0.717, 1.165) is 25.1 Å². The molecule has 4 rings (SSSR count). The smallest absolute Gasteiger partial charge is 0.251 e. The summed E-state index contributed by atoms with van der Waals surface area (Å²) < 4.78 is 16.1. The van der Waals surface area contributed by atoms with E-state index in [4.69, 9.17) is 14.2 Å². The first-order valence-corrected chi connectivity index (χ1v) is 10.9. The normalized spacial score (nSPS) is 14.2. The summed E-state index contributed by atoms with van der Waals surface area (Å²) in [6, 6.07) is 15.8. The molecule has 0 fully saturated rings. The molecule has 0 bridgehead atoms. The standard InChI is InChI=1S/C26H29N3O4/c1-31-23-13-21(14-24(32-2)25(23)33-3)26(30)28-16-22(19-9-6-11-27-15-19)29-12-10-18-7-4-5-8-20(18)17-29/h4-9,11,13-15,22H,10,12,16-17H2,1-3H3,(H,28,30). The zero-order valence-electron chi connectivity index (χ0n) is 19.2. The van der Waals surface area contributed by atoms with E-state index in [1.165, 1.54) is 32.5 Å². The van der Waals surface area contributed by atoms with Crippen LogP contribution in [0.25, 0.3) is 0 Å². The van der Waals surface area contributed by atoms with Crippen molar-refractivity contribution < 1.29 is 19.0 Å². The number of amides is 1. The van der Waals surface area contributed by atoms with Crippen molar-refractivity contribution in [1.82, 2.24) is 15.2 Å². The molecule has 1 atom stereocenters. The predicted molar refractivity (Wildman–Crippen MR) is 126 cm³/mol. The van der Waals surface area contributed by atoms with Crippen molar-refractivity contribution in [3.05, 3.63) is 83.2 Å². The third-order valence-corrected chi connectivity index (χ3v) is 6.05. The number of aromatic nitrogens is 1. The van der Waals surface area contributed by atoms with Crippen molar-refractivity contribution in [2.75, 3.05) is 34.4 Å². The topological polar surface area (TPSA) is 72.9 Å². The highest BCUT2D eigenvalue weighted by atomic mass is 16.5. The Balaban J connectivity index is 1.55. The molecule has 2 aromatic carbocycles. The molecule has 0 saturated heterocycles. The molecule has 3 aromatic rings. The number of nitrogens with zero attached hydrogens (tertiary/aromatic N) is 2. The minimum absolute atomic E-state index is 0.00181. The Kier molecular flexibility index (Phi) is 7.10. The van der Waals surface area contributed by atoms with Gasteiger partial charge in [-0.3, -0.25) is 14.7 Å². The minimum Gasteiger partial charge on any atom is -0.493 e. The molecule has 2 heterocycles. The lowest BCUT2D eigenvalue weighted by molar-refractivity contribution is 0.0927. The quantitative estimate of drug-likeness (QED) is 0.569. The Hall–Kier alpha value is -3.58. The van der Waals surface area contributed by atoms with Crippen molar-refractivity contribution in [2.24, 2.45) is 0 Å². The molecule has 0 saturated carbocycles. The summed E-state index contributed by atoms with van der Waals surface area (Å²) in [5.74, 6) is 1.13. The van der Waals surface area contributed by atoms with Crippen LogP contribution in [0.2, 0.25) is 0 Å². The second-order valence-electron chi connectivity index (χ2n) is 7.92. The summed E-state index contributed by atoms with van der Waals surface area (Å²) in [6.07, 6.45) is 4.62. The van der Waals surface area contributed by atoms with Gasteiger partial charge in [-0.25, -0.2) is 0 Å². The first-order valence-electron chi connectivity index (χ1n) is 10.9.